The molecule has 102 valence electrons. The number of nitrogens with zero attached hydrogens (tertiary/aromatic N) is 1. The SMILES string of the molecule is CCCN(C(=O)C1=COCCO1)C1CCNCC1. The summed E-state index contributed by atoms with van der Waals surface area (Å²) in [7, 11) is 0. The maximum atomic E-state index is 12.4. The quantitative estimate of drug-likeness (QED) is 0.808. The van der Waals surface area contributed by atoms with Crippen LogP contribution in [-0.4, -0.2) is 49.7 Å². The van der Waals surface area contributed by atoms with Gasteiger partial charge in [-0.1, -0.05) is 6.92 Å². The van der Waals surface area contributed by atoms with Gasteiger partial charge in [0.15, 0.2) is 0 Å². The normalized spacial score (nSPS) is 20.6. The minimum absolute atomic E-state index is 0.0246. The molecule has 2 aliphatic heterocycles. The van der Waals surface area contributed by atoms with Gasteiger partial charge < -0.3 is 19.7 Å². The highest BCUT2D eigenvalue weighted by atomic mass is 16.6. The van der Waals surface area contributed by atoms with E-state index in [2.05, 4.69) is 12.2 Å². The van der Waals surface area contributed by atoms with Gasteiger partial charge in [-0.2, -0.15) is 0 Å². The Morgan fingerprint density at radius 2 is 2.22 bits per heavy atom. The monoisotopic (exact) mass is 254 g/mol. The van der Waals surface area contributed by atoms with Gasteiger partial charge in [0.25, 0.3) is 5.91 Å². The Morgan fingerprint density at radius 1 is 1.44 bits per heavy atom. The van der Waals surface area contributed by atoms with Gasteiger partial charge >= 0.3 is 0 Å². The van der Waals surface area contributed by atoms with Crippen LogP contribution < -0.4 is 5.32 Å². The second kappa shape index (κ2) is 6.64. The summed E-state index contributed by atoms with van der Waals surface area (Å²) in [5.74, 6) is 0.330. The van der Waals surface area contributed by atoms with Crippen molar-refractivity contribution in [1.29, 1.82) is 0 Å². The molecule has 2 rings (SSSR count). The van der Waals surface area contributed by atoms with Crippen molar-refractivity contribution >= 4 is 5.91 Å². The van der Waals surface area contributed by atoms with Crippen LogP contribution in [0.1, 0.15) is 26.2 Å². The highest BCUT2D eigenvalue weighted by molar-refractivity contribution is 5.91. The van der Waals surface area contributed by atoms with Gasteiger partial charge in [0.05, 0.1) is 0 Å². The number of hydrogen-bond acceptors (Lipinski definition) is 4. The zero-order valence-corrected chi connectivity index (χ0v) is 11.0. The van der Waals surface area contributed by atoms with Crippen LogP contribution in [0.15, 0.2) is 12.0 Å². The van der Waals surface area contributed by atoms with E-state index in [1.54, 1.807) is 0 Å². The third-order valence-corrected chi connectivity index (χ3v) is 3.33. The number of amides is 1. The van der Waals surface area contributed by atoms with Crippen LogP contribution in [0.3, 0.4) is 0 Å². The minimum atomic E-state index is -0.0246. The third-order valence-electron chi connectivity index (χ3n) is 3.33. The minimum Gasteiger partial charge on any atom is -0.494 e. The Kier molecular flexibility index (Phi) is 4.87. The number of hydrogen-bond donors (Lipinski definition) is 1. The molecule has 5 nitrogen and oxygen atoms in total. The van der Waals surface area contributed by atoms with Crippen molar-refractivity contribution in [3.8, 4) is 0 Å². The zero-order valence-electron chi connectivity index (χ0n) is 11.0. The van der Waals surface area contributed by atoms with Gasteiger partial charge in [-0.05, 0) is 32.4 Å². The van der Waals surface area contributed by atoms with Gasteiger partial charge in [-0.3, -0.25) is 4.79 Å². The Morgan fingerprint density at radius 3 is 2.83 bits per heavy atom. The van der Waals surface area contributed by atoms with Gasteiger partial charge in [-0.15, -0.1) is 0 Å². The molecule has 0 aromatic heterocycles. The molecule has 0 radical (unpaired) electrons. The number of carbonyl (C=O) groups excluding carboxylic acids is 1. The Hall–Kier alpha value is -1.23. The summed E-state index contributed by atoms with van der Waals surface area (Å²) in [6, 6.07) is 0.324. The highest BCUT2D eigenvalue weighted by Gasteiger charge is 2.28. The first-order valence-corrected chi connectivity index (χ1v) is 6.79. The molecule has 5 heteroatoms. The van der Waals surface area contributed by atoms with E-state index in [1.165, 1.54) is 6.26 Å². The molecular formula is C13H22N2O3. The van der Waals surface area contributed by atoms with E-state index in [1.807, 2.05) is 4.90 Å². The summed E-state index contributed by atoms with van der Waals surface area (Å²) in [4.78, 5) is 14.4. The fraction of sp³-hybridized carbons (Fsp3) is 0.769. The molecule has 1 saturated heterocycles. The molecule has 0 unspecified atom stereocenters. The van der Waals surface area contributed by atoms with E-state index in [-0.39, 0.29) is 5.91 Å². The van der Waals surface area contributed by atoms with E-state index < -0.39 is 0 Å². The van der Waals surface area contributed by atoms with E-state index in [0.717, 1.165) is 38.9 Å². The molecule has 0 saturated carbocycles. The van der Waals surface area contributed by atoms with Crippen molar-refractivity contribution in [2.75, 3.05) is 32.8 Å². The predicted octanol–water partition coefficient (Wildman–Crippen LogP) is 0.865. The molecule has 18 heavy (non-hydrogen) atoms. The standard InChI is InChI=1S/C13H22N2O3/c1-2-7-15(11-3-5-14-6-4-11)13(16)12-10-17-8-9-18-12/h10-11,14H,2-9H2,1H3. The smallest absolute Gasteiger partial charge is 0.292 e. The fourth-order valence-electron chi connectivity index (χ4n) is 2.43. The summed E-state index contributed by atoms with van der Waals surface area (Å²) >= 11 is 0. The van der Waals surface area contributed by atoms with Crippen molar-refractivity contribution in [2.45, 2.75) is 32.2 Å². The zero-order chi connectivity index (χ0) is 12.8. The van der Waals surface area contributed by atoms with E-state index in [9.17, 15) is 4.79 Å². The molecule has 0 aromatic rings. The predicted molar refractivity (Wildman–Crippen MR) is 67.9 cm³/mol. The number of ether oxygens (including phenoxy) is 2. The lowest BCUT2D eigenvalue weighted by molar-refractivity contribution is -0.135. The molecule has 0 aliphatic carbocycles. The maximum absolute atomic E-state index is 12.4. The molecule has 0 atom stereocenters. The first-order valence-electron chi connectivity index (χ1n) is 6.79. The van der Waals surface area contributed by atoms with Crippen LogP contribution in [0.5, 0.6) is 0 Å². The van der Waals surface area contributed by atoms with Crippen molar-refractivity contribution < 1.29 is 14.3 Å². The van der Waals surface area contributed by atoms with Crippen LogP contribution in [-0.2, 0) is 14.3 Å². The summed E-state index contributed by atoms with van der Waals surface area (Å²) in [6.07, 6.45) is 4.44. The molecule has 2 heterocycles. The average Bonchev–Trinajstić information content (AvgIpc) is 2.46. The van der Waals surface area contributed by atoms with E-state index in [4.69, 9.17) is 9.47 Å². The number of piperidine rings is 1. The second-order valence-corrected chi connectivity index (χ2v) is 4.68. The van der Waals surface area contributed by atoms with Crippen molar-refractivity contribution in [3.05, 3.63) is 12.0 Å². The average molecular weight is 254 g/mol. The first kappa shape index (κ1) is 13.2. The van der Waals surface area contributed by atoms with Gasteiger partial charge in [0.2, 0.25) is 5.76 Å². The molecule has 2 aliphatic rings. The lowest BCUT2D eigenvalue weighted by Crippen LogP contribution is -2.47. The van der Waals surface area contributed by atoms with E-state index in [0.29, 0.717) is 25.0 Å². The van der Waals surface area contributed by atoms with Crippen LogP contribution >= 0.6 is 0 Å². The molecule has 1 amide bonds. The summed E-state index contributed by atoms with van der Waals surface area (Å²) in [6.45, 7) is 5.82. The summed E-state index contributed by atoms with van der Waals surface area (Å²) < 4.78 is 10.6. The van der Waals surface area contributed by atoms with Gasteiger partial charge in [0, 0.05) is 12.6 Å². The number of nitrogens with one attached hydrogen (secondary N) is 1. The lowest BCUT2D eigenvalue weighted by atomic mass is 10.0. The number of rotatable bonds is 4. The van der Waals surface area contributed by atoms with Crippen LogP contribution in [0.4, 0.5) is 0 Å². The van der Waals surface area contributed by atoms with Crippen LogP contribution in [0.25, 0.3) is 0 Å². The topological polar surface area (TPSA) is 50.8 Å². The fourth-order valence-corrected chi connectivity index (χ4v) is 2.43. The number of carbonyl (C=O) groups is 1. The summed E-state index contributed by atoms with van der Waals surface area (Å²) in [5.41, 5.74) is 0. The molecule has 1 N–H and O–H groups in total. The molecule has 0 spiro atoms. The van der Waals surface area contributed by atoms with Crippen molar-refractivity contribution in [1.82, 2.24) is 10.2 Å². The van der Waals surface area contributed by atoms with Crippen molar-refractivity contribution in [3.63, 3.8) is 0 Å². The van der Waals surface area contributed by atoms with Crippen LogP contribution in [0, 0.1) is 0 Å². The highest BCUT2D eigenvalue weighted by Crippen LogP contribution is 2.17. The molecule has 0 bridgehead atoms. The molecular weight excluding hydrogens is 232 g/mol. The Bertz CT molecular complexity index is 311. The van der Waals surface area contributed by atoms with Gasteiger partial charge in [0.1, 0.15) is 19.5 Å². The maximum Gasteiger partial charge on any atom is 0.292 e. The second-order valence-electron chi connectivity index (χ2n) is 4.68. The lowest BCUT2D eigenvalue weighted by Gasteiger charge is -2.35. The third kappa shape index (κ3) is 3.16. The Balaban J connectivity index is 2.03. The Labute approximate surface area is 108 Å². The first-order chi connectivity index (χ1) is 8.83. The van der Waals surface area contributed by atoms with Crippen LogP contribution in [0.2, 0.25) is 0 Å². The largest absolute Gasteiger partial charge is 0.494 e. The summed E-state index contributed by atoms with van der Waals surface area (Å²) in [5, 5.41) is 3.32. The molecule has 0 aromatic carbocycles. The van der Waals surface area contributed by atoms with E-state index >= 15 is 0 Å². The van der Waals surface area contributed by atoms with Gasteiger partial charge in [-0.25, -0.2) is 0 Å². The van der Waals surface area contributed by atoms with Crippen molar-refractivity contribution in [2.24, 2.45) is 0 Å². The molecule has 1 fully saturated rings.